The summed E-state index contributed by atoms with van der Waals surface area (Å²) in [6.45, 7) is 0. The molecule has 0 aromatic heterocycles. The van der Waals surface area contributed by atoms with Gasteiger partial charge in [-0.25, -0.2) is 4.79 Å². The predicted octanol–water partition coefficient (Wildman–Crippen LogP) is 0.792. The summed E-state index contributed by atoms with van der Waals surface area (Å²) in [6, 6.07) is 3.67. The number of rotatable bonds is 4. The number of benzene rings is 1. The average Bonchev–Trinajstić information content (AvgIpc) is 3.09. The van der Waals surface area contributed by atoms with E-state index in [0.717, 1.165) is 6.07 Å². The zero-order chi connectivity index (χ0) is 14.4. The van der Waals surface area contributed by atoms with Gasteiger partial charge in [-0.1, -0.05) is 17.7 Å². The van der Waals surface area contributed by atoms with E-state index >= 15 is 0 Å². The molecule has 104 valence electrons. The molecule has 2 rings (SSSR count). The molecule has 0 amide bonds. The summed E-state index contributed by atoms with van der Waals surface area (Å²) < 4.78 is 11.2. The molecule has 1 fully saturated rings. The molecule has 1 saturated carbocycles. The molecule has 1 aliphatic carbocycles. The second-order valence-corrected chi connectivity index (χ2v) is 6.64. The molecule has 1 unspecified atom stereocenters. The van der Waals surface area contributed by atoms with Gasteiger partial charge in [0.1, 0.15) is 5.54 Å². The number of carboxylic acid groups (broad SMARTS) is 1. The van der Waals surface area contributed by atoms with Gasteiger partial charge in [0.2, 0.25) is 0 Å². The van der Waals surface area contributed by atoms with Crippen LogP contribution in [0.25, 0.3) is 0 Å². The Labute approximate surface area is 114 Å². The molecule has 1 aliphatic rings. The highest BCUT2D eigenvalue weighted by Gasteiger charge is 2.49. The van der Waals surface area contributed by atoms with Gasteiger partial charge in [0.25, 0.3) is 0 Å². The Morgan fingerprint density at radius 3 is 2.37 bits per heavy atom. The van der Waals surface area contributed by atoms with Crippen LogP contribution in [0.4, 0.5) is 0 Å². The van der Waals surface area contributed by atoms with Gasteiger partial charge in [-0.05, 0) is 36.5 Å². The van der Waals surface area contributed by atoms with Crippen molar-refractivity contribution in [1.82, 2.24) is 0 Å². The van der Waals surface area contributed by atoms with E-state index in [1.165, 1.54) is 12.1 Å². The molecule has 1 aromatic carbocycles. The lowest BCUT2D eigenvalue weighted by Crippen LogP contribution is -2.47. The summed E-state index contributed by atoms with van der Waals surface area (Å²) in [5, 5.41) is 8.78. The fourth-order valence-electron chi connectivity index (χ4n) is 2.07. The summed E-state index contributed by atoms with van der Waals surface area (Å²) in [5.41, 5.74) is 4.64. The minimum Gasteiger partial charge on any atom is -0.480 e. The van der Waals surface area contributed by atoms with Crippen LogP contribution >= 0.6 is 19.2 Å². The first-order valence-electron chi connectivity index (χ1n) is 5.55. The SMILES string of the molecule is NC(C(=O)O)(c1ccc(P(=O)(O)O)c(Cl)c1)C1CC1. The zero-order valence-electron chi connectivity index (χ0n) is 9.78. The van der Waals surface area contributed by atoms with Crippen LogP contribution < -0.4 is 11.0 Å². The zero-order valence-corrected chi connectivity index (χ0v) is 11.4. The first-order valence-corrected chi connectivity index (χ1v) is 7.55. The molecule has 0 heterocycles. The molecule has 1 aromatic rings. The third-order valence-electron chi connectivity index (χ3n) is 3.31. The Hall–Kier alpha value is -0.910. The first-order chi connectivity index (χ1) is 8.67. The molecule has 5 N–H and O–H groups in total. The van der Waals surface area contributed by atoms with Gasteiger partial charge >= 0.3 is 13.6 Å². The number of halogens is 1. The van der Waals surface area contributed by atoms with Crippen molar-refractivity contribution in [3.05, 3.63) is 28.8 Å². The minimum absolute atomic E-state index is 0.178. The number of carboxylic acids is 1. The summed E-state index contributed by atoms with van der Waals surface area (Å²) >= 11 is 5.81. The lowest BCUT2D eigenvalue weighted by Gasteiger charge is -2.25. The Kier molecular flexibility index (Phi) is 3.49. The van der Waals surface area contributed by atoms with Crippen molar-refractivity contribution in [2.75, 3.05) is 0 Å². The molecule has 1 atom stereocenters. The Morgan fingerprint density at radius 1 is 1.42 bits per heavy atom. The average molecular weight is 306 g/mol. The van der Waals surface area contributed by atoms with Crippen molar-refractivity contribution in [3.8, 4) is 0 Å². The summed E-state index contributed by atoms with van der Waals surface area (Å²) in [6.07, 6.45) is 1.42. The van der Waals surface area contributed by atoms with Gasteiger partial charge in [0.05, 0.1) is 10.3 Å². The number of hydrogen-bond acceptors (Lipinski definition) is 3. The van der Waals surface area contributed by atoms with Crippen LogP contribution in [0.2, 0.25) is 5.02 Å². The number of carbonyl (C=O) groups is 1. The third kappa shape index (κ3) is 2.55. The number of aliphatic carboxylic acids is 1. The van der Waals surface area contributed by atoms with E-state index in [0.29, 0.717) is 12.8 Å². The Balaban J connectivity index is 2.50. The van der Waals surface area contributed by atoms with E-state index in [1.54, 1.807) is 0 Å². The summed E-state index contributed by atoms with van der Waals surface area (Å²) in [4.78, 5) is 29.5. The molecule has 8 heteroatoms. The fraction of sp³-hybridized carbons (Fsp3) is 0.364. The van der Waals surface area contributed by atoms with E-state index in [9.17, 15) is 14.5 Å². The minimum atomic E-state index is -4.48. The molecule has 0 bridgehead atoms. The lowest BCUT2D eigenvalue weighted by molar-refractivity contribution is -0.144. The van der Waals surface area contributed by atoms with Crippen molar-refractivity contribution in [2.24, 2.45) is 11.7 Å². The normalized spacial score (nSPS) is 18.9. The Bertz CT molecular complexity index is 582. The van der Waals surface area contributed by atoms with E-state index in [4.69, 9.17) is 27.1 Å². The first kappa shape index (κ1) is 14.5. The predicted molar refractivity (Wildman–Crippen MR) is 69.4 cm³/mol. The molecular weight excluding hydrogens is 293 g/mol. The Morgan fingerprint density at radius 2 is 2.00 bits per heavy atom. The molecule has 6 nitrogen and oxygen atoms in total. The van der Waals surface area contributed by atoms with E-state index in [2.05, 4.69) is 0 Å². The molecule has 0 saturated heterocycles. The maximum absolute atomic E-state index is 11.4. The number of hydrogen-bond donors (Lipinski definition) is 4. The van der Waals surface area contributed by atoms with Gasteiger partial charge in [-0.3, -0.25) is 4.57 Å². The van der Waals surface area contributed by atoms with Crippen molar-refractivity contribution in [2.45, 2.75) is 18.4 Å². The van der Waals surface area contributed by atoms with Crippen LogP contribution in [0, 0.1) is 5.92 Å². The van der Waals surface area contributed by atoms with Crippen LogP contribution in [-0.4, -0.2) is 20.9 Å². The van der Waals surface area contributed by atoms with Crippen LogP contribution in [0.5, 0.6) is 0 Å². The van der Waals surface area contributed by atoms with E-state index in [-0.39, 0.29) is 21.8 Å². The van der Waals surface area contributed by atoms with Crippen LogP contribution in [-0.2, 0) is 14.9 Å². The standard InChI is InChI=1S/C11H13ClNO5P/c12-8-5-7(3-4-9(8)19(16,17)18)11(13,10(14)15)6-1-2-6/h3-6H,1-2,13H2,(H,14,15)(H2,16,17,18). The van der Waals surface area contributed by atoms with Gasteiger partial charge < -0.3 is 20.6 Å². The maximum Gasteiger partial charge on any atom is 0.357 e. The summed E-state index contributed by atoms with van der Waals surface area (Å²) in [5.74, 6) is -1.35. The van der Waals surface area contributed by atoms with Gasteiger partial charge in [-0.15, -0.1) is 0 Å². The van der Waals surface area contributed by atoms with Crippen molar-refractivity contribution >= 4 is 30.5 Å². The highest BCUT2D eigenvalue weighted by atomic mass is 35.5. The summed E-state index contributed by atoms with van der Waals surface area (Å²) in [7, 11) is -4.48. The van der Waals surface area contributed by atoms with Crippen molar-refractivity contribution in [1.29, 1.82) is 0 Å². The molecule has 0 aliphatic heterocycles. The van der Waals surface area contributed by atoms with Crippen molar-refractivity contribution in [3.63, 3.8) is 0 Å². The van der Waals surface area contributed by atoms with E-state index < -0.39 is 19.1 Å². The van der Waals surface area contributed by atoms with Crippen LogP contribution in [0.15, 0.2) is 18.2 Å². The maximum atomic E-state index is 11.4. The van der Waals surface area contributed by atoms with Gasteiger partial charge in [0.15, 0.2) is 0 Å². The molecular formula is C11H13ClNO5P. The second-order valence-electron chi connectivity index (χ2n) is 4.66. The molecule has 0 spiro atoms. The quantitative estimate of drug-likeness (QED) is 0.610. The lowest BCUT2D eigenvalue weighted by atomic mass is 9.86. The van der Waals surface area contributed by atoms with Crippen LogP contribution in [0.3, 0.4) is 0 Å². The van der Waals surface area contributed by atoms with Crippen molar-refractivity contribution < 1.29 is 24.3 Å². The smallest absolute Gasteiger partial charge is 0.357 e. The largest absolute Gasteiger partial charge is 0.480 e. The topological polar surface area (TPSA) is 121 Å². The molecule has 19 heavy (non-hydrogen) atoms. The highest BCUT2D eigenvalue weighted by molar-refractivity contribution is 7.60. The second kappa shape index (κ2) is 4.58. The highest BCUT2D eigenvalue weighted by Crippen LogP contribution is 2.45. The third-order valence-corrected chi connectivity index (χ3v) is 4.78. The number of nitrogens with two attached hydrogens (primary N) is 1. The van der Waals surface area contributed by atoms with Gasteiger partial charge in [0, 0.05) is 0 Å². The monoisotopic (exact) mass is 305 g/mol. The van der Waals surface area contributed by atoms with Gasteiger partial charge in [-0.2, -0.15) is 0 Å². The molecule has 0 radical (unpaired) electrons. The van der Waals surface area contributed by atoms with Crippen LogP contribution in [0.1, 0.15) is 18.4 Å². The fourth-order valence-corrected chi connectivity index (χ4v) is 3.20. The van der Waals surface area contributed by atoms with E-state index in [1.807, 2.05) is 0 Å².